The lowest BCUT2D eigenvalue weighted by Crippen LogP contribution is -2.52. The third kappa shape index (κ3) is 5.04. The van der Waals surface area contributed by atoms with Crippen molar-refractivity contribution in [2.24, 2.45) is 0 Å². The van der Waals surface area contributed by atoms with Gasteiger partial charge in [0.25, 0.3) is 0 Å². The number of nitrogens with zero attached hydrogens (tertiary/aromatic N) is 5. The molecule has 0 aliphatic carbocycles. The fourth-order valence-corrected chi connectivity index (χ4v) is 4.02. The Morgan fingerprint density at radius 1 is 1.11 bits per heavy atom. The van der Waals surface area contributed by atoms with Crippen molar-refractivity contribution in [2.75, 3.05) is 49.6 Å². The Balaban J connectivity index is 1.42. The molecule has 2 aromatic rings. The molecule has 1 aromatic heterocycles. The predicted molar refractivity (Wildman–Crippen MR) is 121 cm³/mol. The minimum absolute atomic E-state index is 0.0613. The molecule has 0 radical (unpaired) electrons. The Kier molecular flexibility index (Phi) is 6.74. The molecule has 2 aliphatic rings. The normalized spacial score (nSPS) is 18.3. The van der Waals surface area contributed by atoms with Gasteiger partial charge < -0.3 is 19.4 Å². The molecule has 13 heteroatoms. The van der Waals surface area contributed by atoms with Crippen LogP contribution in [-0.4, -0.2) is 84.9 Å². The first-order chi connectivity index (χ1) is 17.0. The molecule has 1 aromatic carbocycles. The Labute approximate surface area is 203 Å². The van der Waals surface area contributed by atoms with Gasteiger partial charge in [0.15, 0.2) is 6.23 Å². The highest BCUT2D eigenvalue weighted by Crippen LogP contribution is 2.30. The van der Waals surface area contributed by atoms with E-state index in [1.807, 2.05) is 0 Å². The number of cyclic esters (lactones) is 1. The summed E-state index contributed by atoms with van der Waals surface area (Å²) in [6.45, 7) is 1.61. The minimum atomic E-state index is -4.90. The smallest absolute Gasteiger partial charge is 0.423 e. The standard InChI is InChI=1S/C23H23F4N5O4/c1-14(33)29(2)20-13-32(22(35)36-20)16-4-5-17(18(24)11-16)15-3-6-19(28-12-15)30-7-9-31(10-8-30)21(34)23(25,26)27/h3-6,11-12,20H,7-10,13H2,1-2H3/t20-/m0/s1. The second-order valence-corrected chi connectivity index (χ2v) is 8.43. The van der Waals surface area contributed by atoms with E-state index in [0.717, 1.165) is 4.90 Å². The highest BCUT2D eigenvalue weighted by atomic mass is 19.4. The number of ether oxygens (including phenoxy) is 1. The Bertz CT molecular complexity index is 1170. The number of pyridine rings is 1. The van der Waals surface area contributed by atoms with E-state index >= 15 is 0 Å². The van der Waals surface area contributed by atoms with Crippen molar-refractivity contribution in [1.29, 1.82) is 0 Å². The molecule has 0 N–H and O–H groups in total. The number of likely N-dealkylation sites (N-methyl/N-ethyl adjacent to an activating group) is 1. The summed E-state index contributed by atoms with van der Waals surface area (Å²) in [5, 5.41) is 0. The number of carbonyl (C=O) groups is 3. The zero-order chi connectivity index (χ0) is 26.2. The fraction of sp³-hybridized carbons (Fsp3) is 0.391. The van der Waals surface area contributed by atoms with E-state index in [9.17, 15) is 31.9 Å². The lowest BCUT2D eigenvalue weighted by molar-refractivity contribution is -0.185. The number of hydrogen-bond acceptors (Lipinski definition) is 6. The van der Waals surface area contributed by atoms with Crippen molar-refractivity contribution in [1.82, 2.24) is 14.8 Å². The summed E-state index contributed by atoms with van der Waals surface area (Å²) in [6.07, 6.45) is -4.92. The Morgan fingerprint density at radius 2 is 1.81 bits per heavy atom. The first kappa shape index (κ1) is 25.2. The molecule has 0 bridgehead atoms. The molecule has 2 fully saturated rings. The Morgan fingerprint density at radius 3 is 2.36 bits per heavy atom. The van der Waals surface area contributed by atoms with Gasteiger partial charge in [0.1, 0.15) is 11.6 Å². The number of hydrogen-bond donors (Lipinski definition) is 0. The summed E-state index contributed by atoms with van der Waals surface area (Å²) in [5.74, 6) is -2.23. The van der Waals surface area contributed by atoms with Crippen molar-refractivity contribution >= 4 is 29.4 Å². The van der Waals surface area contributed by atoms with E-state index in [1.165, 1.54) is 42.1 Å². The largest absolute Gasteiger partial charge is 0.471 e. The van der Waals surface area contributed by atoms with Crippen molar-refractivity contribution in [2.45, 2.75) is 19.3 Å². The number of halogens is 4. The van der Waals surface area contributed by atoms with Gasteiger partial charge in [-0.2, -0.15) is 13.2 Å². The molecular formula is C23H23F4N5O4. The second kappa shape index (κ2) is 9.63. The van der Waals surface area contributed by atoms with Gasteiger partial charge in [0.2, 0.25) is 5.91 Å². The number of amides is 3. The summed E-state index contributed by atoms with van der Waals surface area (Å²) >= 11 is 0. The van der Waals surface area contributed by atoms with Gasteiger partial charge >= 0.3 is 18.2 Å². The van der Waals surface area contributed by atoms with Gasteiger partial charge in [0, 0.05) is 57.5 Å². The number of benzene rings is 1. The van der Waals surface area contributed by atoms with Gasteiger partial charge in [-0.25, -0.2) is 14.2 Å². The van der Waals surface area contributed by atoms with E-state index in [-0.39, 0.29) is 49.9 Å². The lowest BCUT2D eigenvalue weighted by atomic mass is 10.1. The number of anilines is 2. The fourth-order valence-electron chi connectivity index (χ4n) is 4.02. The van der Waals surface area contributed by atoms with Gasteiger partial charge in [-0.3, -0.25) is 14.5 Å². The Hall–Kier alpha value is -3.90. The van der Waals surface area contributed by atoms with Crippen molar-refractivity contribution in [3.05, 3.63) is 42.3 Å². The van der Waals surface area contributed by atoms with Gasteiger partial charge in [-0.15, -0.1) is 0 Å². The maximum atomic E-state index is 15.0. The third-order valence-corrected chi connectivity index (χ3v) is 6.18. The average molecular weight is 509 g/mol. The van der Waals surface area contributed by atoms with Gasteiger partial charge in [0.05, 0.1) is 12.2 Å². The van der Waals surface area contributed by atoms with Gasteiger partial charge in [-0.05, 0) is 30.3 Å². The monoisotopic (exact) mass is 509 g/mol. The van der Waals surface area contributed by atoms with Crippen LogP contribution >= 0.6 is 0 Å². The van der Waals surface area contributed by atoms with Crippen LogP contribution in [0.2, 0.25) is 0 Å². The molecular weight excluding hydrogens is 486 g/mol. The van der Waals surface area contributed by atoms with Gasteiger partial charge in [-0.1, -0.05) is 0 Å². The molecule has 192 valence electrons. The molecule has 2 saturated heterocycles. The molecule has 3 heterocycles. The molecule has 3 amide bonds. The lowest BCUT2D eigenvalue weighted by Gasteiger charge is -2.35. The average Bonchev–Trinajstić information content (AvgIpc) is 3.24. The number of rotatable bonds is 4. The number of piperazine rings is 1. The number of alkyl halides is 3. The summed E-state index contributed by atoms with van der Waals surface area (Å²) < 4.78 is 58.0. The highest BCUT2D eigenvalue weighted by Gasteiger charge is 2.43. The summed E-state index contributed by atoms with van der Waals surface area (Å²) in [5.41, 5.74) is 0.979. The summed E-state index contributed by atoms with van der Waals surface area (Å²) in [7, 11) is 1.51. The first-order valence-corrected chi connectivity index (χ1v) is 11.0. The molecule has 0 spiro atoms. The van der Waals surface area contributed by atoms with Crippen LogP contribution in [-0.2, 0) is 14.3 Å². The van der Waals surface area contributed by atoms with Crippen LogP contribution < -0.4 is 9.80 Å². The van der Waals surface area contributed by atoms with E-state index in [4.69, 9.17) is 4.74 Å². The van der Waals surface area contributed by atoms with Crippen LogP contribution in [0.5, 0.6) is 0 Å². The van der Waals surface area contributed by atoms with Crippen molar-refractivity contribution < 1.29 is 36.7 Å². The topological polar surface area (TPSA) is 86.3 Å². The maximum Gasteiger partial charge on any atom is 0.471 e. The highest BCUT2D eigenvalue weighted by molar-refractivity contribution is 5.90. The predicted octanol–water partition coefficient (Wildman–Crippen LogP) is 2.86. The van der Waals surface area contributed by atoms with Crippen LogP contribution in [0, 0.1) is 5.82 Å². The number of aromatic nitrogens is 1. The zero-order valence-corrected chi connectivity index (χ0v) is 19.5. The molecule has 0 saturated carbocycles. The molecule has 9 nitrogen and oxygen atoms in total. The van der Waals surface area contributed by atoms with E-state index < -0.39 is 30.2 Å². The van der Waals surface area contributed by atoms with Crippen LogP contribution in [0.1, 0.15) is 6.92 Å². The van der Waals surface area contributed by atoms with Crippen molar-refractivity contribution in [3.63, 3.8) is 0 Å². The SMILES string of the molecule is CC(=O)N(C)[C@@H]1CN(c2ccc(-c3ccc(N4CCN(C(=O)C(F)(F)F)CC4)nc3)c(F)c2)C(=O)O1. The van der Waals surface area contributed by atoms with E-state index in [1.54, 1.807) is 23.1 Å². The summed E-state index contributed by atoms with van der Waals surface area (Å²) in [4.78, 5) is 44.5. The first-order valence-electron chi connectivity index (χ1n) is 11.0. The molecule has 4 rings (SSSR count). The van der Waals surface area contributed by atoms with Crippen LogP contribution in [0.4, 0.5) is 33.9 Å². The van der Waals surface area contributed by atoms with Crippen LogP contribution in [0.15, 0.2) is 36.5 Å². The molecule has 36 heavy (non-hydrogen) atoms. The zero-order valence-electron chi connectivity index (χ0n) is 19.5. The minimum Gasteiger partial charge on any atom is -0.423 e. The van der Waals surface area contributed by atoms with Crippen molar-refractivity contribution in [3.8, 4) is 11.1 Å². The third-order valence-electron chi connectivity index (χ3n) is 6.18. The summed E-state index contributed by atoms with van der Waals surface area (Å²) in [6, 6.07) is 7.51. The van der Waals surface area contributed by atoms with E-state index in [0.29, 0.717) is 11.4 Å². The van der Waals surface area contributed by atoms with E-state index in [2.05, 4.69) is 4.98 Å². The number of carbonyl (C=O) groups excluding carboxylic acids is 3. The maximum absolute atomic E-state index is 15.0. The van der Waals surface area contributed by atoms with Crippen LogP contribution in [0.25, 0.3) is 11.1 Å². The molecule has 0 unspecified atom stereocenters. The molecule has 2 aliphatic heterocycles. The second-order valence-electron chi connectivity index (χ2n) is 8.43. The quantitative estimate of drug-likeness (QED) is 0.590. The van der Waals surface area contributed by atoms with Crippen LogP contribution in [0.3, 0.4) is 0 Å². The molecule has 1 atom stereocenters.